The SMILES string of the molecule is CN1c2ccccc2C(C)(C)C12CC(c1ccc(OC(F)F)cc1)=NO2. The number of nitrogens with zero attached hydrogens (tertiary/aromatic N) is 2. The number of hydrogen-bond acceptors (Lipinski definition) is 4. The normalized spacial score (nSPS) is 23.2. The Balaban J connectivity index is 1.62. The summed E-state index contributed by atoms with van der Waals surface area (Å²) in [4.78, 5) is 8.18. The van der Waals surface area contributed by atoms with Crippen molar-refractivity contribution in [3.63, 3.8) is 0 Å². The Labute approximate surface area is 151 Å². The summed E-state index contributed by atoms with van der Waals surface area (Å²) in [5, 5.41) is 4.35. The number of rotatable bonds is 3. The van der Waals surface area contributed by atoms with Crippen LogP contribution in [0.5, 0.6) is 5.75 Å². The highest BCUT2D eigenvalue weighted by molar-refractivity contribution is 6.02. The van der Waals surface area contributed by atoms with Crippen molar-refractivity contribution in [3.05, 3.63) is 59.7 Å². The minimum absolute atomic E-state index is 0.128. The zero-order valence-corrected chi connectivity index (χ0v) is 14.9. The van der Waals surface area contributed by atoms with Crippen LogP contribution in [0.1, 0.15) is 31.4 Å². The lowest BCUT2D eigenvalue weighted by atomic mass is 9.75. The fourth-order valence-corrected chi connectivity index (χ4v) is 4.04. The van der Waals surface area contributed by atoms with E-state index in [0.29, 0.717) is 6.42 Å². The molecule has 1 unspecified atom stereocenters. The molecule has 1 spiro atoms. The molecule has 2 heterocycles. The minimum Gasteiger partial charge on any atom is -0.435 e. The molecule has 2 aromatic rings. The Kier molecular flexibility index (Phi) is 3.68. The molecule has 0 aliphatic carbocycles. The molecular formula is C20H20F2N2O2. The summed E-state index contributed by atoms with van der Waals surface area (Å²) in [6.07, 6.45) is 0.597. The van der Waals surface area contributed by atoms with Crippen molar-refractivity contribution in [1.82, 2.24) is 0 Å². The third-order valence-electron chi connectivity index (χ3n) is 5.58. The van der Waals surface area contributed by atoms with Crippen LogP contribution in [0.15, 0.2) is 53.7 Å². The standard InChI is InChI=1S/C20H20F2N2O2/c1-19(2)15-6-4-5-7-17(15)24(3)20(19)12-16(23-26-20)13-8-10-14(11-9-13)25-18(21)22/h4-11,18H,12H2,1-3H3. The Morgan fingerprint density at radius 1 is 1.12 bits per heavy atom. The minimum atomic E-state index is -2.83. The molecule has 136 valence electrons. The average Bonchev–Trinajstić information content (AvgIpc) is 3.13. The maximum atomic E-state index is 12.3. The zero-order valence-electron chi connectivity index (χ0n) is 14.9. The van der Waals surface area contributed by atoms with Crippen LogP contribution in [0.25, 0.3) is 0 Å². The molecule has 1 atom stereocenters. The molecule has 2 aliphatic rings. The average molecular weight is 358 g/mol. The van der Waals surface area contributed by atoms with Crippen molar-refractivity contribution in [2.24, 2.45) is 5.16 Å². The van der Waals surface area contributed by atoms with Crippen LogP contribution >= 0.6 is 0 Å². The number of likely N-dealkylation sites (N-methyl/N-ethyl adjacent to an activating group) is 1. The lowest BCUT2D eigenvalue weighted by molar-refractivity contribution is -0.0591. The van der Waals surface area contributed by atoms with Gasteiger partial charge in [-0.25, -0.2) is 0 Å². The monoisotopic (exact) mass is 358 g/mol. The van der Waals surface area contributed by atoms with E-state index in [-0.39, 0.29) is 11.2 Å². The number of fused-ring (bicyclic) bond motifs is 1. The smallest absolute Gasteiger partial charge is 0.387 e. The number of ether oxygens (including phenoxy) is 1. The number of halogens is 2. The second kappa shape index (κ2) is 5.69. The second-order valence-corrected chi connectivity index (χ2v) is 7.19. The molecule has 4 rings (SSSR count). The zero-order chi connectivity index (χ0) is 18.5. The molecule has 0 aromatic heterocycles. The van der Waals surface area contributed by atoms with Crippen molar-refractivity contribution < 1.29 is 18.4 Å². The molecular weight excluding hydrogens is 338 g/mol. The van der Waals surface area contributed by atoms with Gasteiger partial charge in [0.25, 0.3) is 0 Å². The van der Waals surface area contributed by atoms with E-state index in [1.54, 1.807) is 12.1 Å². The predicted molar refractivity (Wildman–Crippen MR) is 95.9 cm³/mol. The van der Waals surface area contributed by atoms with E-state index in [0.717, 1.165) is 17.0 Å². The van der Waals surface area contributed by atoms with Gasteiger partial charge >= 0.3 is 6.61 Å². The quantitative estimate of drug-likeness (QED) is 0.808. The van der Waals surface area contributed by atoms with E-state index >= 15 is 0 Å². The molecule has 0 amide bonds. The van der Waals surface area contributed by atoms with Crippen LogP contribution in [0.2, 0.25) is 0 Å². The van der Waals surface area contributed by atoms with Gasteiger partial charge in [-0.05, 0) is 55.3 Å². The van der Waals surface area contributed by atoms with E-state index in [4.69, 9.17) is 4.84 Å². The van der Waals surface area contributed by atoms with Gasteiger partial charge in [-0.15, -0.1) is 0 Å². The lowest BCUT2D eigenvalue weighted by Crippen LogP contribution is -2.54. The van der Waals surface area contributed by atoms with Crippen molar-refractivity contribution in [1.29, 1.82) is 0 Å². The summed E-state index contributed by atoms with van der Waals surface area (Å²) in [5.41, 5.74) is 3.12. The largest absolute Gasteiger partial charge is 0.435 e. The van der Waals surface area contributed by atoms with Gasteiger partial charge < -0.3 is 14.5 Å². The highest BCUT2D eigenvalue weighted by atomic mass is 19.3. The van der Waals surface area contributed by atoms with Gasteiger partial charge in [-0.1, -0.05) is 23.4 Å². The van der Waals surface area contributed by atoms with Crippen LogP contribution in [0, 0.1) is 0 Å². The first kappa shape index (κ1) is 16.8. The van der Waals surface area contributed by atoms with E-state index < -0.39 is 12.3 Å². The summed E-state index contributed by atoms with van der Waals surface area (Å²) >= 11 is 0. The van der Waals surface area contributed by atoms with Gasteiger partial charge in [0.15, 0.2) is 0 Å². The Hall–Kier alpha value is -2.63. The Morgan fingerprint density at radius 3 is 2.46 bits per heavy atom. The molecule has 2 aromatic carbocycles. The molecule has 6 heteroatoms. The number of oxime groups is 1. The second-order valence-electron chi connectivity index (χ2n) is 7.19. The molecule has 0 bridgehead atoms. The molecule has 0 saturated heterocycles. The highest BCUT2D eigenvalue weighted by Gasteiger charge is 2.61. The first-order valence-corrected chi connectivity index (χ1v) is 8.49. The Bertz CT molecular complexity index is 864. The number of benzene rings is 2. The van der Waals surface area contributed by atoms with Crippen LogP contribution in [-0.4, -0.2) is 25.1 Å². The van der Waals surface area contributed by atoms with Crippen molar-refractivity contribution in [2.45, 2.75) is 38.0 Å². The van der Waals surface area contributed by atoms with Gasteiger partial charge in [-0.3, -0.25) is 0 Å². The van der Waals surface area contributed by atoms with Crippen molar-refractivity contribution in [3.8, 4) is 5.75 Å². The lowest BCUT2D eigenvalue weighted by Gasteiger charge is -2.40. The maximum absolute atomic E-state index is 12.3. The molecule has 0 N–H and O–H groups in total. The summed E-state index contributed by atoms with van der Waals surface area (Å²) in [5.74, 6) is 0.128. The van der Waals surface area contributed by atoms with Crippen LogP contribution in [0.3, 0.4) is 0 Å². The van der Waals surface area contributed by atoms with Crippen LogP contribution in [-0.2, 0) is 10.3 Å². The molecule has 0 saturated carbocycles. The fraction of sp³-hybridized carbons (Fsp3) is 0.350. The highest BCUT2D eigenvalue weighted by Crippen LogP contribution is 2.55. The van der Waals surface area contributed by atoms with Gasteiger partial charge in [0.1, 0.15) is 5.75 Å². The van der Waals surface area contributed by atoms with Gasteiger partial charge in [0.05, 0.1) is 17.5 Å². The summed E-state index contributed by atoms with van der Waals surface area (Å²) in [7, 11) is 2.02. The molecule has 26 heavy (non-hydrogen) atoms. The molecule has 0 radical (unpaired) electrons. The maximum Gasteiger partial charge on any atom is 0.387 e. The van der Waals surface area contributed by atoms with Gasteiger partial charge in [0.2, 0.25) is 5.72 Å². The van der Waals surface area contributed by atoms with Gasteiger partial charge in [0, 0.05) is 12.7 Å². The topological polar surface area (TPSA) is 34.1 Å². The molecule has 4 nitrogen and oxygen atoms in total. The van der Waals surface area contributed by atoms with E-state index in [1.807, 2.05) is 19.2 Å². The van der Waals surface area contributed by atoms with Crippen LogP contribution in [0.4, 0.5) is 14.5 Å². The van der Waals surface area contributed by atoms with Crippen molar-refractivity contribution in [2.75, 3.05) is 11.9 Å². The third kappa shape index (κ3) is 2.28. The number of alkyl halides is 2. The predicted octanol–water partition coefficient (Wildman–Crippen LogP) is 4.54. The molecule has 2 aliphatic heterocycles. The first-order valence-electron chi connectivity index (χ1n) is 8.49. The van der Waals surface area contributed by atoms with E-state index in [1.165, 1.54) is 17.7 Å². The number of hydrogen-bond donors (Lipinski definition) is 0. The third-order valence-corrected chi connectivity index (χ3v) is 5.58. The fourth-order valence-electron chi connectivity index (χ4n) is 4.04. The summed E-state index contributed by atoms with van der Waals surface area (Å²) < 4.78 is 29.0. The first-order chi connectivity index (χ1) is 12.3. The van der Waals surface area contributed by atoms with E-state index in [9.17, 15) is 8.78 Å². The van der Waals surface area contributed by atoms with Crippen molar-refractivity contribution >= 4 is 11.4 Å². The van der Waals surface area contributed by atoms with E-state index in [2.05, 4.69) is 40.8 Å². The summed E-state index contributed by atoms with van der Waals surface area (Å²) in [6.45, 7) is 1.49. The number of anilines is 1. The molecule has 0 fully saturated rings. The number of para-hydroxylation sites is 1. The van der Waals surface area contributed by atoms with Crippen LogP contribution < -0.4 is 9.64 Å². The summed E-state index contributed by atoms with van der Waals surface area (Å²) in [6, 6.07) is 14.8. The Morgan fingerprint density at radius 2 is 1.81 bits per heavy atom. The van der Waals surface area contributed by atoms with Gasteiger partial charge in [-0.2, -0.15) is 8.78 Å².